The van der Waals surface area contributed by atoms with E-state index >= 15 is 0 Å². The van der Waals surface area contributed by atoms with E-state index in [0.29, 0.717) is 18.0 Å². The minimum atomic E-state index is -0.329. The maximum atomic E-state index is 13.6. The lowest BCUT2D eigenvalue weighted by molar-refractivity contribution is 0.0936. The quantitative estimate of drug-likeness (QED) is 0.173. The Bertz CT molecular complexity index is 1780. The van der Waals surface area contributed by atoms with Gasteiger partial charge in [0.15, 0.2) is 5.82 Å². The largest absolute Gasteiger partial charge is 0.508 e. The summed E-state index contributed by atoms with van der Waals surface area (Å²) in [6.45, 7) is 0. The highest BCUT2D eigenvalue weighted by Gasteiger charge is 2.24. The molecule has 1 fully saturated rings. The van der Waals surface area contributed by atoms with Crippen LogP contribution in [-0.2, 0) is 6.42 Å². The van der Waals surface area contributed by atoms with Gasteiger partial charge >= 0.3 is 0 Å². The second-order valence-corrected chi connectivity index (χ2v) is 11.3. The number of hydrogen-bond acceptors (Lipinski definition) is 5. The molecular formula is C31H30N6O2S. The number of H-pyrrole nitrogens is 2. The summed E-state index contributed by atoms with van der Waals surface area (Å²) in [5.74, 6) is 0.964. The summed E-state index contributed by atoms with van der Waals surface area (Å²) in [5, 5.41) is 16.1. The highest BCUT2D eigenvalue weighted by molar-refractivity contribution is 7.07. The van der Waals surface area contributed by atoms with Crippen molar-refractivity contribution >= 4 is 39.2 Å². The molecule has 0 aliphatic heterocycles. The Morgan fingerprint density at radius 2 is 2.02 bits per heavy atom. The van der Waals surface area contributed by atoms with E-state index in [2.05, 4.69) is 30.9 Å². The number of benzene rings is 2. The fraction of sp³-hybridized carbons (Fsp3) is 0.258. The zero-order chi connectivity index (χ0) is 27.1. The number of nitrogens with one attached hydrogen (secondary N) is 3. The standard InChI is InChI=1S/C31H30N6O2S/c38-22-9-10-24-23(15-22)20(16-33-24)14-26(28-17-40-18-34-28)36-31(39)19-8-11-29-27(13-19)35-30(25-7-4-12-32-25)37(29)21-5-2-1-3-6-21/h4,7-13,15-18,21,26,32-33,38H,1-3,5-6,14H2,(H,36,39)/t26-/m0/s1. The highest BCUT2D eigenvalue weighted by atomic mass is 32.1. The molecule has 8 nitrogen and oxygen atoms in total. The summed E-state index contributed by atoms with van der Waals surface area (Å²) in [6.07, 6.45) is 10.4. The van der Waals surface area contributed by atoms with Crippen molar-refractivity contribution in [1.29, 1.82) is 0 Å². The number of phenols is 1. The Kier molecular flexibility index (Phi) is 6.36. The predicted molar refractivity (Wildman–Crippen MR) is 158 cm³/mol. The lowest BCUT2D eigenvalue weighted by Crippen LogP contribution is -2.30. The van der Waals surface area contributed by atoms with Gasteiger partial charge in [0, 0.05) is 46.7 Å². The Morgan fingerprint density at radius 1 is 1.12 bits per heavy atom. The fourth-order valence-corrected chi connectivity index (χ4v) is 6.64. The number of thiazole rings is 1. The Hall–Kier alpha value is -4.37. The molecule has 2 aromatic carbocycles. The maximum Gasteiger partial charge on any atom is 0.251 e. The Labute approximate surface area is 235 Å². The van der Waals surface area contributed by atoms with Gasteiger partial charge in [-0.1, -0.05) is 19.3 Å². The summed E-state index contributed by atoms with van der Waals surface area (Å²) < 4.78 is 2.37. The van der Waals surface area contributed by atoms with Crippen LogP contribution in [0.3, 0.4) is 0 Å². The molecule has 9 heteroatoms. The number of fused-ring (bicyclic) bond motifs is 2. The van der Waals surface area contributed by atoms with Crippen LogP contribution >= 0.6 is 11.3 Å². The molecule has 202 valence electrons. The molecule has 1 aliphatic carbocycles. The zero-order valence-electron chi connectivity index (χ0n) is 21.9. The van der Waals surface area contributed by atoms with Crippen LogP contribution in [0.1, 0.15) is 65.8 Å². The number of aromatic hydroxyl groups is 1. The second kappa shape index (κ2) is 10.3. The number of phenolic OH excluding ortho intramolecular Hbond substituents is 1. The number of amides is 1. The minimum absolute atomic E-state index is 0.170. The van der Waals surface area contributed by atoms with E-state index in [1.165, 1.54) is 30.6 Å². The van der Waals surface area contributed by atoms with Crippen LogP contribution in [0, 0.1) is 0 Å². The van der Waals surface area contributed by atoms with Crippen LogP contribution in [0.15, 0.2) is 71.8 Å². The molecular weight excluding hydrogens is 520 g/mol. The van der Waals surface area contributed by atoms with Gasteiger partial charge in [-0.15, -0.1) is 11.3 Å². The van der Waals surface area contributed by atoms with E-state index in [1.54, 1.807) is 17.6 Å². The van der Waals surface area contributed by atoms with Crippen molar-refractivity contribution in [2.45, 2.75) is 50.6 Å². The first kappa shape index (κ1) is 24.7. The average molecular weight is 551 g/mol. The van der Waals surface area contributed by atoms with Crippen molar-refractivity contribution < 1.29 is 9.90 Å². The van der Waals surface area contributed by atoms with Crippen molar-refractivity contribution in [3.8, 4) is 17.3 Å². The number of imidazole rings is 1. The lowest BCUT2D eigenvalue weighted by Gasteiger charge is -2.25. The van der Waals surface area contributed by atoms with Crippen molar-refractivity contribution in [2.24, 2.45) is 0 Å². The fourth-order valence-electron chi connectivity index (χ4n) is 6.03. The molecule has 0 unspecified atom stereocenters. The van der Waals surface area contributed by atoms with Crippen molar-refractivity contribution in [3.63, 3.8) is 0 Å². The topological polar surface area (TPSA) is 112 Å². The third-order valence-electron chi connectivity index (χ3n) is 8.02. The summed E-state index contributed by atoms with van der Waals surface area (Å²) in [4.78, 5) is 29.8. The molecule has 0 spiro atoms. The molecule has 1 aliphatic rings. The number of aromatic nitrogens is 5. The van der Waals surface area contributed by atoms with Crippen LogP contribution in [0.25, 0.3) is 33.5 Å². The van der Waals surface area contributed by atoms with Gasteiger partial charge in [0.05, 0.1) is 34.0 Å². The first-order valence-corrected chi connectivity index (χ1v) is 14.7. The van der Waals surface area contributed by atoms with Gasteiger partial charge in [-0.05, 0) is 66.9 Å². The van der Waals surface area contributed by atoms with Crippen LogP contribution in [0.5, 0.6) is 5.75 Å². The Balaban J connectivity index is 1.21. The monoisotopic (exact) mass is 550 g/mol. The van der Waals surface area contributed by atoms with Gasteiger partial charge in [-0.25, -0.2) is 9.97 Å². The number of carbonyl (C=O) groups excluding carboxylic acids is 1. The number of rotatable bonds is 7. The van der Waals surface area contributed by atoms with E-state index in [0.717, 1.165) is 57.6 Å². The van der Waals surface area contributed by atoms with Crippen molar-refractivity contribution in [3.05, 3.63) is 88.6 Å². The SMILES string of the molecule is O=C(N[C@@H](Cc1c[nH]c2ccc(O)cc12)c1cscn1)c1ccc2c(c1)nc(-c1ccc[nH]1)n2C1CCCCC1. The van der Waals surface area contributed by atoms with Gasteiger partial charge in [-0.3, -0.25) is 4.79 Å². The molecule has 7 rings (SSSR count). The van der Waals surface area contributed by atoms with E-state index in [-0.39, 0.29) is 17.7 Å². The molecule has 0 saturated heterocycles. The van der Waals surface area contributed by atoms with Gasteiger partial charge < -0.3 is 25.0 Å². The maximum absolute atomic E-state index is 13.6. The summed E-state index contributed by atoms with van der Waals surface area (Å²) >= 11 is 1.50. The second-order valence-electron chi connectivity index (χ2n) is 10.6. The Morgan fingerprint density at radius 3 is 2.83 bits per heavy atom. The normalized spacial score (nSPS) is 15.1. The van der Waals surface area contributed by atoms with Crippen LogP contribution < -0.4 is 5.32 Å². The number of carbonyl (C=O) groups is 1. The molecule has 1 atom stereocenters. The molecule has 40 heavy (non-hydrogen) atoms. The molecule has 0 bridgehead atoms. The van der Waals surface area contributed by atoms with Crippen LogP contribution in [-0.4, -0.2) is 35.5 Å². The van der Waals surface area contributed by atoms with E-state index in [1.807, 2.05) is 48.1 Å². The summed E-state index contributed by atoms with van der Waals surface area (Å²) in [6, 6.07) is 15.2. The highest BCUT2D eigenvalue weighted by Crippen LogP contribution is 2.36. The minimum Gasteiger partial charge on any atom is -0.508 e. The third kappa shape index (κ3) is 4.56. The number of hydrogen-bond donors (Lipinski definition) is 4. The molecule has 4 N–H and O–H groups in total. The predicted octanol–water partition coefficient (Wildman–Crippen LogP) is 6.89. The summed E-state index contributed by atoms with van der Waals surface area (Å²) in [7, 11) is 0. The number of aromatic amines is 2. The van der Waals surface area contributed by atoms with Gasteiger partial charge in [0.2, 0.25) is 0 Å². The van der Waals surface area contributed by atoms with Gasteiger partial charge in [-0.2, -0.15) is 0 Å². The van der Waals surface area contributed by atoms with E-state index in [4.69, 9.17) is 4.98 Å². The van der Waals surface area contributed by atoms with Crippen molar-refractivity contribution in [1.82, 2.24) is 29.8 Å². The third-order valence-corrected chi connectivity index (χ3v) is 8.62. The molecule has 0 radical (unpaired) electrons. The zero-order valence-corrected chi connectivity index (χ0v) is 22.7. The van der Waals surface area contributed by atoms with Gasteiger partial charge in [0.1, 0.15) is 5.75 Å². The molecule has 6 aromatic rings. The summed E-state index contributed by atoms with van der Waals surface area (Å²) in [5.41, 5.74) is 7.96. The van der Waals surface area contributed by atoms with Crippen LogP contribution in [0.4, 0.5) is 0 Å². The molecule has 1 saturated carbocycles. The first-order chi connectivity index (χ1) is 19.6. The lowest BCUT2D eigenvalue weighted by atomic mass is 9.95. The van der Waals surface area contributed by atoms with Gasteiger partial charge in [0.25, 0.3) is 5.91 Å². The van der Waals surface area contributed by atoms with Crippen LogP contribution in [0.2, 0.25) is 0 Å². The molecule has 4 aromatic heterocycles. The number of nitrogens with zero attached hydrogens (tertiary/aromatic N) is 3. The molecule has 1 amide bonds. The van der Waals surface area contributed by atoms with E-state index < -0.39 is 0 Å². The van der Waals surface area contributed by atoms with Crippen molar-refractivity contribution in [2.75, 3.05) is 0 Å². The molecule has 4 heterocycles. The first-order valence-electron chi connectivity index (χ1n) is 13.8. The smallest absolute Gasteiger partial charge is 0.251 e. The van der Waals surface area contributed by atoms with E-state index in [9.17, 15) is 9.90 Å². The average Bonchev–Trinajstić information content (AvgIpc) is 3.79.